The van der Waals surface area contributed by atoms with Crippen LogP contribution in [-0.4, -0.2) is 62.0 Å². The molecule has 12 nitrogen and oxygen atoms in total. The minimum absolute atomic E-state index is 0.704. The molecule has 152 valence electrons. The molecule has 0 aliphatic heterocycles. The van der Waals surface area contributed by atoms with Crippen molar-refractivity contribution >= 4 is 42.0 Å². The van der Waals surface area contributed by atoms with Gasteiger partial charge in [0.25, 0.3) is 23.9 Å². The normalized spacial score (nSPS) is 11.5. The number of hydrogen-bond acceptors (Lipinski definition) is 12. The van der Waals surface area contributed by atoms with Crippen LogP contribution >= 0.6 is 0 Å². The third kappa shape index (κ3) is 17.0. The van der Waals surface area contributed by atoms with Crippen LogP contribution in [0, 0.1) is 0 Å². The van der Waals surface area contributed by atoms with Crippen LogP contribution in [0.3, 0.4) is 0 Å². The monoisotopic (exact) mass is 416 g/mol. The van der Waals surface area contributed by atoms with Gasteiger partial charge in [0.05, 0.1) is 5.60 Å². The largest absolute Gasteiger partial charge is 0.974 e. The highest BCUT2D eigenvalue weighted by molar-refractivity contribution is 6.60. The predicted octanol–water partition coefficient (Wildman–Crippen LogP) is -1.11. The standard InChI is InChI=1S/C8H12O8Si.C4H12O4Si/c1-5(9)13-17(14-6(2)10,15-7(3)11)16-8(4)12;1-4(2,3)8-9(5,6)7/h1-4H3;5-7H,1-3H3. The molecule has 0 aliphatic rings. The molecular weight excluding hydrogens is 392 g/mol. The van der Waals surface area contributed by atoms with Gasteiger partial charge in [0, 0.05) is 27.7 Å². The molecule has 0 radical (unpaired) electrons. The summed E-state index contributed by atoms with van der Waals surface area (Å²) in [5.74, 6) is -3.67. The molecule has 0 atom stereocenters. The summed E-state index contributed by atoms with van der Waals surface area (Å²) in [7, 11) is -8.74. The summed E-state index contributed by atoms with van der Waals surface area (Å²) >= 11 is 0. The van der Waals surface area contributed by atoms with E-state index in [1.807, 2.05) is 0 Å². The molecule has 0 unspecified atom stereocenters. The van der Waals surface area contributed by atoms with Gasteiger partial charge in [-0.15, -0.1) is 0 Å². The van der Waals surface area contributed by atoms with Gasteiger partial charge in [0.2, 0.25) is 0 Å². The van der Waals surface area contributed by atoms with Gasteiger partial charge < -0.3 is 36.5 Å². The molecule has 14 heteroatoms. The van der Waals surface area contributed by atoms with Gasteiger partial charge in [-0.3, -0.25) is 19.2 Å². The zero-order valence-electron chi connectivity index (χ0n) is 15.5. The highest BCUT2D eigenvalue weighted by Gasteiger charge is 2.61. The Morgan fingerprint density at radius 2 is 0.885 bits per heavy atom. The lowest BCUT2D eigenvalue weighted by atomic mass is 10.2. The van der Waals surface area contributed by atoms with Crippen molar-refractivity contribution in [2.75, 3.05) is 0 Å². The number of carbonyl (C=O) groups excluding carboxylic acids is 4. The average molecular weight is 416 g/mol. The van der Waals surface area contributed by atoms with Gasteiger partial charge in [-0.1, -0.05) is 0 Å². The molecule has 0 saturated heterocycles. The average Bonchev–Trinajstić information content (AvgIpc) is 2.17. The van der Waals surface area contributed by atoms with Crippen LogP contribution in [0.15, 0.2) is 0 Å². The lowest BCUT2D eigenvalue weighted by Gasteiger charge is -2.22. The first kappa shape index (κ1) is 26.4. The van der Waals surface area contributed by atoms with E-state index in [0.29, 0.717) is 0 Å². The third-order valence-corrected chi connectivity index (χ3v) is 4.55. The van der Waals surface area contributed by atoms with E-state index in [1.165, 1.54) is 0 Å². The molecule has 0 spiro atoms. The van der Waals surface area contributed by atoms with Crippen LogP contribution in [0.25, 0.3) is 0 Å². The van der Waals surface area contributed by atoms with Gasteiger partial charge in [0.15, 0.2) is 0 Å². The first-order chi connectivity index (χ1) is 11.4. The fourth-order valence-electron chi connectivity index (χ4n) is 1.24. The van der Waals surface area contributed by atoms with E-state index in [2.05, 4.69) is 22.1 Å². The number of carbonyl (C=O) groups is 4. The van der Waals surface area contributed by atoms with E-state index in [4.69, 9.17) is 14.4 Å². The highest BCUT2D eigenvalue weighted by Crippen LogP contribution is 2.13. The second-order valence-corrected chi connectivity index (χ2v) is 8.83. The van der Waals surface area contributed by atoms with E-state index in [1.54, 1.807) is 20.8 Å². The van der Waals surface area contributed by atoms with Crippen LogP contribution in [0.4, 0.5) is 0 Å². The fourth-order valence-corrected chi connectivity index (χ4v) is 3.72. The Labute approximate surface area is 152 Å². The van der Waals surface area contributed by atoms with Crippen molar-refractivity contribution in [3.63, 3.8) is 0 Å². The molecule has 3 N–H and O–H groups in total. The lowest BCUT2D eigenvalue weighted by Crippen LogP contribution is -2.53. The molecule has 0 fully saturated rings. The summed E-state index contributed by atoms with van der Waals surface area (Å²) in [6.07, 6.45) is 0. The maximum atomic E-state index is 10.8. The van der Waals surface area contributed by atoms with Crippen LogP contribution in [0.1, 0.15) is 48.5 Å². The Bertz CT molecular complexity index is 438. The third-order valence-electron chi connectivity index (χ3n) is 1.52. The van der Waals surface area contributed by atoms with Crippen LogP contribution < -0.4 is 0 Å². The van der Waals surface area contributed by atoms with Crippen LogP contribution in [0.5, 0.6) is 0 Å². The van der Waals surface area contributed by atoms with Gasteiger partial charge >= 0.3 is 18.1 Å². The van der Waals surface area contributed by atoms with Crippen molar-refractivity contribution in [3.05, 3.63) is 0 Å². The number of hydrogen-bond donors (Lipinski definition) is 3. The molecule has 0 aromatic carbocycles. The number of rotatable bonds is 5. The van der Waals surface area contributed by atoms with Crippen molar-refractivity contribution < 1.29 is 55.7 Å². The fraction of sp³-hybridized carbons (Fsp3) is 0.667. The van der Waals surface area contributed by atoms with Crippen molar-refractivity contribution in [2.45, 2.75) is 54.1 Å². The molecule has 0 bridgehead atoms. The molecule has 26 heavy (non-hydrogen) atoms. The zero-order chi connectivity index (χ0) is 21.3. The smallest absolute Gasteiger partial charge is 0.423 e. The van der Waals surface area contributed by atoms with Gasteiger partial charge in [-0.05, 0) is 20.8 Å². The van der Waals surface area contributed by atoms with Crippen LogP contribution in [0.2, 0.25) is 0 Å². The Morgan fingerprint density at radius 3 is 0.962 bits per heavy atom. The molecule has 0 aliphatic carbocycles. The van der Waals surface area contributed by atoms with Gasteiger partial charge in [-0.25, -0.2) is 0 Å². The second kappa shape index (κ2) is 10.3. The van der Waals surface area contributed by atoms with Crippen molar-refractivity contribution in [3.8, 4) is 0 Å². The summed E-state index contributed by atoms with van der Waals surface area (Å²) in [4.78, 5) is 68.5. The lowest BCUT2D eigenvalue weighted by molar-refractivity contribution is -0.160. The van der Waals surface area contributed by atoms with E-state index in [-0.39, 0.29) is 0 Å². The molecule has 0 aromatic rings. The molecule has 0 heterocycles. The van der Waals surface area contributed by atoms with Crippen molar-refractivity contribution in [1.82, 2.24) is 0 Å². The maximum Gasteiger partial charge on any atom is 0.974 e. The van der Waals surface area contributed by atoms with Crippen molar-refractivity contribution in [2.24, 2.45) is 0 Å². The Hall–Kier alpha value is -1.85. The van der Waals surface area contributed by atoms with Gasteiger partial charge in [0.1, 0.15) is 0 Å². The maximum absolute atomic E-state index is 10.8. The minimum atomic E-state index is -4.45. The van der Waals surface area contributed by atoms with Crippen LogP contribution in [-0.2, 0) is 41.3 Å². The molecule has 0 rings (SSSR count). The van der Waals surface area contributed by atoms with E-state index in [9.17, 15) is 19.2 Å². The summed E-state index contributed by atoms with van der Waals surface area (Å²) in [6, 6.07) is 0. The summed E-state index contributed by atoms with van der Waals surface area (Å²) in [6.45, 7) is 8.80. The summed E-state index contributed by atoms with van der Waals surface area (Å²) in [5, 5.41) is 0. The summed E-state index contributed by atoms with van der Waals surface area (Å²) in [5.41, 5.74) is -0.704. The topological polar surface area (TPSA) is 175 Å². The van der Waals surface area contributed by atoms with E-state index < -0.39 is 47.6 Å². The highest BCUT2D eigenvalue weighted by atomic mass is 28.4. The molecule has 0 amide bonds. The first-order valence-corrected chi connectivity index (χ1v) is 10.4. The van der Waals surface area contributed by atoms with Gasteiger partial charge in [-0.2, -0.15) is 0 Å². The SMILES string of the molecule is CC(=O)O[Si](OC(C)=O)(OC(C)=O)OC(C)=O.CC(C)(C)O[Si](O)(O)O. The molecule has 0 saturated carbocycles. The first-order valence-electron chi connectivity index (χ1n) is 7.03. The quantitative estimate of drug-likeness (QED) is 0.461. The van der Waals surface area contributed by atoms with E-state index in [0.717, 1.165) is 27.7 Å². The van der Waals surface area contributed by atoms with Crippen molar-refractivity contribution in [1.29, 1.82) is 0 Å². The predicted molar refractivity (Wildman–Crippen MR) is 86.1 cm³/mol. The molecule has 0 aromatic heterocycles. The summed E-state index contributed by atoms with van der Waals surface area (Å²) < 4.78 is 22.6. The Kier molecular flexibility index (Phi) is 10.5. The second-order valence-electron chi connectivity index (χ2n) is 5.66. The minimum Gasteiger partial charge on any atom is -0.423 e. The Balaban J connectivity index is 0. The molecular formula is C12H24O12Si2. The Morgan fingerprint density at radius 1 is 0.654 bits per heavy atom. The van der Waals surface area contributed by atoms with E-state index >= 15 is 0 Å². The zero-order valence-corrected chi connectivity index (χ0v) is 17.5.